The Bertz CT molecular complexity index is 566. The molecule has 0 fully saturated rings. The third-order valence-corrected chi connectivity index (χ3v) is 4.37. The number of hydrogen-bond acceptors (Lipinski definition) is 4. The van der Waals surface area contributed by atoms with Gasteiger partial charge in [0.05, 0.1) is 20.3 Å². The summed E-state index contributed by atoms with van der Waals surface area (Å²) in [6, 6.07) is 10.2. The van der Waals surface area contributed by atoms with E-state index in [-0.39, 0.29) is 0 Å². The number of ether oxygens (including phenoxy) is 2. The largest absolute Gasteiger partial charge is 0.497 e. The summed E-state index contributed by atoms with van der Waals surface area (Å²) < 4.78 is 11.1. The molecule has 0 unspecified atom stereocenters. The average Bonchev–Trinajstić information content (AvgIpc) is 2.86. The van der Waals surface area contributed by atoms with Gasteiger partial charge in [-0.05, 0) is 42.8 Å². The van der Waals surface area contributed by atoms with Crippen molar-refractivity contribution in [3.63, 3.8) is 0 Å². The smallest absolute Gasteiger partial charge is 0.119 e. The van der Waals surface area contributed by atoms with Crippen LogP contribution in [0.4, 0.5) is 0 Å². The Balaban J connectivity index is 1.86. The van der Waals surface area contributed by atoms with Crippen molar-refractivity contribution in [2.75, 3.05) is 13.7 Å². The fraction of sp³-hybridized carbons (Fsp3) is 0.412. The summed E-state index contributed by atoms with van der Waals surface area (Å²) in [7, 11) is 1.68. The number of nitrogens with one attached hydrogen (secondary N) is 1. The van der Waals surface area contributed by atoms with Gasteiger partial charge >= 0.3 is 0 Å². The van der Waals surface area contributed by atoms with E-state index >= 15 is 0 Å². The van der Waals surface area contributed by atoms with Crippen LogP contribution in [0.3, 0.4) is 0 Å². The van der Waals surface area contributed by atoms with Crippen LogP contribution in [0.15, 0.2) is 30.3 Å². The second-order valence-corrected chi connectivity index (χ2v) is 6.26. The summed E-state index contributed by atoms with van der Waals surface area (Å²) in [6.07, 6.45) is 0. The van der Waals surface area contributed by atoms with Gasteiger partial charge in [-0.25, -0.2) is 0 Å². The van der Waals surface area contributed by atoms with Crippen LogP contribution in [-0.4, -0.2) is 13.7 Å². The molecule has 0 atom stereocenters. The second-order valence-electron chi connectivity index (χ2n) is 4.92. The zero-order chi connectivity index (χ0) is 15.1. The van der Waals surface area contributed by atoms with Crippen molar-refractivity contribution < 1.29 is 9.47 Å². The highest BCUT2D eigenvalue weighted by atomic mass is 32.1. The Labute approximate surface area is 130 Å². The maximum Gasteiger partial charge on any atom is 0.119 e. The Morgan fingerprint density at radius 3 is 2.81 bits per heavy atom. The molecule has 0 radical (unpaired) electrons. The minimum absolute atomic E-state index is 0.606. The third kappa shape index (κ3) is 4.84. The first-order valence-electron chi connectivity index (χ1n) is 7.22. The van der Waals surface area contributed by atoms with Gasteiger partial charge in [0, 0.05) is 16.3 Å². The Kier molecular flexibility index (Phi) is 6.23. The van der Waals surface area contributed by atoms with Crippen molar-refractivity contribution in [2.45, 2.75) is 33.6 Å². The molecule has 0 bridgehead atoms. The van der Waals surface area contributed by atoms with E-state index in [0.717, 1.165) is 24.4 Å². The molecule has 4 heteroatoms. The number of hydrogen-bond donors (Lipinski definition) is 1. The van der Waals surface area contributed by atoms with Crippen LogP contribution in [0.2, 0.25) is 0 Å². The Morgan fingerprint density at radius 2 is 2.05 bits per heavy atom. The monoisotopic (exact) mass is 305 g/mol. The van der Waals surface area contributed by atoms with E-state index in [1.165, 1.54) is 15.3 Å². The van der Waals surface area contributed by atoms with E-state index in [9.17, 15) is 0 Å². The van der Waals surface area contributed by atoms with Crippen molar-refractivity contribution in [3.05, 3.63) is 51.2 Å². The Morgan fingerprint density at radius 1 is 1.19 bits per heavy atom. The molecule has 2 aromatic rings. The molecule has 0 saturated carbocycles. The second kappa shape index (κ2) is 8.17. The van der Waals surface area contributed by atoms with Crippen molar-refractivity contribution in [1.29, 1.82) is 0 Å². The molecule has 1 heterocycles. The van der Waals surface area contributed by atoms with Gasteiger partial charge < -0.3 is 14.8 Å². The van der Waals surface area contributed by atoms with Crippen molar-refractivity contribution in [3.8, 4) is 5.75 Å². The van der Waals surface area contributed by atoms with E-state index in [1.807, 2.05) is 29.5 Å². The highest BCUT2D eigenvalue weighted by Crippen LogP contribution is 2.23. The summed E-state index contributed by atoms with van der Waals surface area (Å²) in [5, 5.41) is 3.36. The zero-order valence-corrected chi connectivity index (χ0v) is 13.8. The molecule has 114 valence electrons. The van der Waals surface area contributed by atoms with Gasteiger partial charge in [-0.1, -0.05) is 19.1 Å². The lowest BCUT2D eigenvalue weighted by atomic mass is 10.2. The van der Waals surface area contributed by atoms with E-state index in [0.29, 0.717) is 13.2 Å². The number of methoxy groups -OCH3 is 1. The van der Waals surface area contributed by atoms with Crippen LogP contribution in [0, 0.1) is 6.92 Å². The predicted molar refractivity (Wildman–Crippen MR) is 87.9 cm³/mol. The van der Waals surface area contributed by atoms with Gasteiger partial charge in [0.1, 0.15) is 5.75 Å². The summed E-state index contributed by atoms with van der Waals surface area (Å²) in [4.78, 5) is 2.71. The molecule has 0 spiro atoms. The van der Waals surface area contributed by atoms with Gasteiger partial charge in [0.15, 0.2) is 0 Å². The van der Waals surface area contributed by atoms with E-state index in [2.05, 4.69) is 31.3 Å². The van der Waals surface area contributed by atoms with Crippen LogP contribution in [-0.2, 0) is 24.5 Å². The van der Waals surface area contributed by atoms with Gasteiger partial charge in [-0.2, -0.15) is 0 Å². The van der Waals surface area contributed by atoms with E-state index < -0.39 is 0 Å². The number of benzene rings is 1. The molecule has 0 saturated heterocycles. The molecular formula is C17H23NO2S. The van der Waals surface area contributed by atoms with Gasteiger partial charge in [-0.3, -0.25) is 0 Å². The molecular weight excluding hydrogens is 282 g/mol. The van der Waals surface area contributed by atoms with Crippen LogP contribution in [0.1, 0.15) is 27.8 Å². The molecule has 0 aliphatic carbocycles. The van der Waals surface area contributed by atoms with Crippen LogP contribution < -0.4 is 10.1 Å². The summed E-state index contributed by atoms with van der Waals surface area (Å²) >= 11 is 1.84. The predicted octanol–water partition coefficient (Wildman–Crippen LogP) is 3.89. The lowest BCUT2D eigenvalue weighted by Gasteiger charge is -2.06. The van der Waals surface area contributed by atoms with Gasteiger partial charge in [0.2, 0.25) is 0 Å². The lowest BCUT2D eigenvalue weighted by molar-refractivity contribution is 0.107. The SMILES string of the molecule is CCNCc1cc(COCc2cccc(OC)c2)c(C)s1. The first-order valence-corrected chi connectivity index (χ1v) is 8.04. The number of thiophene rings is 1. The van der Waals surface area contributed by atoms with E-state index in [1.54, 1.807) is 7.11 Å². The number of aryl methyl sites for hydroxylation is 1. The van der Waals surface area contributed by atoms with Crippen LogP contribution in [0.5, 0.6) is 5.75 Å². The molecule has 3 nitrogen and oxygen atoms in total. The first-order chi connectivity index (χ1) is 10.2. The minimum atomic E-state index is 0.606. The lowest BCUT2D eigenvalue weighted by Crippen LogP contribution is -2.10. The normalized spacial score (nSPS) is 10.8. The highest BCUT2D eigenvalue weighted by molar-refractivity contribution is 7.12. The standard InChI is InChI=1S/C17H23NO2S/c1-4-18-10-17-9-15(13(2)21-17)12-20-11-14-6-5-7-16(8-14)19-3/h5-9,18H,4,10-12H2,1-3H3. The van der Waals surface area contributed by atoms with Crippen LogP contribution >= 0.6 is 11.3 Å². The first kappa shape index (κ1) is 16.0. The average molecular weight is 305 g/mol. The fourth-order valence-electron chi connectivity index (χ4n) is 2.11. The summed E-state index contributed by atoms with van der Waals surface area (Å²) in [5.41, 5.74) is 2.42. The van der Waals surface area contributed by atoms with Gasteiger partial charge in [-0.15, -0.1) is 11.3 Å². The summed E-state index contributed by atoms with van der Waals surface area (Å²) in [5.74, 6) is 0.871. The van der Waals surface area contributed by atoms with Crippen molar-refractivity contribution in [2.24, 2.45) is 0 Å². The maximum absolute atomic E-state index is 5.83. The minimum Gasteiger partial charge on any atom is -0.497 e. The highest BCUT2D eigenvalue weighted by Gasteiger charge is 2.06. The molecule has 0 aliphatic heterocycles. The molecule has 21 heavy (non-hydrogen) atoms. The molecule has 1 aromatic carbocycles. The van der Waals surface area contributed by atoms with Crippen molar-refractivity contribution >= 4 is 11.3 Å². The molecule has 2 rings (SSSR count). The number of rotatable bonds is 8. The quantitative estimate of drug-likeness (QED) is 0.802. The zero-order valence-electron chi connectivity index (χ0n) is 12.9. The third-order valence-electron chi connectivity index (χ3n) is 3.28. The molecule has 0 amide bonds. The molecule has 0 aliphatic rings. The Hall–Kier alpha value is -1.36. The molecule has 1 N–H and O–H groups in total. The van der Waals surface area contributed by atoms with Crippen LogP contribution in [0.25, 0.3) is 0 Å². The maximum atomic E-state index is 5.83. The summed E-state index contributed by atoms with van der Waals surface area (Å²) in [6.45, 7) is 7.49. The fourth-order valence-corrected chi connectivity index (χ4v) is 3.12. The van der Waals surface area contributed by atoms with Gasteiger partial charge in [0.25, 0.3) is 0 Å². The molecule has 1 aromatic heterocycles. The van der Waals surface area contributed by atoms with E-state index in [4.69, 9.17) is 9.47 Å². The van der Waals surface area contributed by atoms with Crippen molar-refractivity contribution in [1.82, 2.24) is 5.32 Å². The topological polar surface area (TPSA) is 30.5 Å².